The molecule has 0 aliphatic rings. The molecule has 0 spiro atoms. The predicted molar refractivity (Wildman–Crippen MR) is 58.9 cm³/mol. The number of H-pyrrole nitrogens is 1. The van der Waals surface area contributed by atoms with E-state index in [9.17, 15) is 0 Å². The van der Waals surface area contributed by atoms with E-state index in [2.05, 4.69) is 20.9 Å². The van der Waals surface area contributed by atoms with E-state index < -0.39 is 0 Å². The van der Waals surface area contributed by atoms with Crippen LogP contribution in [0.3, 0.4) is 0 Å². The van der Waals surface area contributed by atoms with Gasteiger partial charge in [0.2, 0.25) is 0 Å². The topological polar surface area (TPSA) is 41.8 Å². The summed E-state index contributed by atoms with van der Waals surface area (Å²) in [5, 5.41) is 1.82. The zero-order chi connectivity index (χ0) is 9.42. The summed E-state index contributed by atoms with van der Waals surface area (Å²) < 4.78 is 0.937. The van der Waals surface area contributed by atoms with E-state index in [0.29, 0.717) is 6.54 Å². The Labute approximate surface area is 89.2 Å². The summed E-state index contributed by atoms with van der Waals surface area (Å²) in [6.45, 7) is 0.501. The monoisotopic (exact) mass is 258 g/mol. The van der Waals surface area contributed by atoms with Crippen molar-refractivity contribution >= 4 is 38.4 Å². The van der Waals surface area contributed by atoms with Gasteiger partial charge in [-0.25, -0.2) is 0 Å². The van der Waals surface area contributed by atoms with Gasteiger partial charge in [0, 0.05) is 28.0 Å². The molecule has 2 nitrogen and oxygen atoms in total. The van der Waals surface area contributed by atoms with Gasteiger partial charge < -0.3 is 10.7 Å². The highest BCUT2D eigenvalue weighted by Crippen LogP contribution is 2.28. The summed E-state index contributed by atoms with van der Waals surface area (Å²) in [6.07, 6.45) is 0. The fourth-order valence-electron chi connectivity index (χ4n) is 1.39. The Morgan fingerprint density at radius 1 is 1.46 bits per heavy atom. The van der Waals surface area contributed by atoms with Crippen molar-refractivity contribution in [3.63, 3.8) is 0 Å². The average molecular weight is 260 g/mol. The van der Waals surface area contributed by atoms with E-state index in [1.54, 1.807) is 0 Å². The summed E-state index contributed by atoms with van der Waals surface area (Å²) in [4.78, 5) is 3.18. The number of aromatic nitrogens is 1. The lowest BCUT2D eigenvalue weighted by molar-refractivity contribution is 1.07. The van der Waals surface area contributed by atoms with Crippen LogP contribution < -0.4 is 5.73 Å². The van der Waals surface area contributed by atoms with Crippen LogP contribution in [0.25, 0.3) is 10.9 Å². The molecule has 68 valence electrons. The maximum Gasteiger partial charge on any atom is 0.0876 e. The van der Waals surface area contributed by atoms with Gasteiger partial charge in [0.15, 0.2) is 0 Å². The van der Waals surface area contributed by atoms with Crippen LogP contribution in [0.4, 0.5) is 0 Å². The zero-order valence-corrected chi connectivity index (χ0v) is 9.11. The van der Waals surface area contributed by atoms with Gasteiger partial charge in [-0.1, -0.05) is 11.6 Å². The first-order valence-corrected chi connectivity index (χ1v) is 5.05. The van der Waals surface area contributed by atoms with E-state index >= 15 is 0 Å². The first kappa shape index (κ1) is 9.06. The molecule has 4 heteroatoms. The van der Waals surface area contributed by atoms with Crippen molar-refractivity contribution in [2.45, 2.75) is 6.54 Å². The van der Waals surface area contributed by atoms with E-state index in [0.717, 1.165) is 26.1 Å². The van der Waals surface area contributed by atoms with Crippen molar-refractivity contribution in [2.24, 2.45) is 5.73 Å². The van der Waals surface area contributed by atoms with Crippen molar-refractivity contribution in [1.29, 1.82) is 0 Å². The summed E-state index contributed by atoms with van der Waals surface area (Å²) in [6, 6.07) is 5.72. The van der Waals surface area contributed by atoms with Gasteiger partial charge >= 0.3 is 0 Å². The molecule has 0 fully saturated rings. The number of hydrogen-bond donors (Lipinski definition) is 2. The van der Waals surface area contributed by atoms with Gasteiger partial charge in [0.25, 0.3) is 0 Å². The molecule has 0 aliphatic carbocycles. The van der Waals surface area contributed by atoms with Gasteiger partial charge in [-0.2, -0.15) is 0 Å². The van der Waals surface area contributed by atoms with Crippen LogP contribution in [-0.4, -0.2) is 4.98 Å². The highest BCUT2D eigenvalue weighted by molar-refractivity contribution is 9.10. The van der Waals surface area contributed by atoms with Gasteiger partial charge in [-0.3, -0.25) is 0 Å². The maximum atomic E-state index is 5.89. The number of hydrogen-bond acceptors (Lipinski definition) is 1. The van der Waals surface area contributed by atoms with E-state index in [-0.39, 0.29) is 0 Å². The van der Waals surface area contributed by atoms with Crippen LogP contribution in [-0.2, 0) is 6.54 Å². The smallest absolute Gasteiger partial charge is 0.0876 e. The number of rotatable bonds is 1. The van der Waals surface area contributed by atoms with Gasteiger partial charge in [0.1, 0.15) is 0 Å². The molecule has 2 rings (SSSR count). The van der Waals surface area contributed by atoms with Gasteiger partial charge in [0.05, 0.1) is 4.60 Å². The lowest BCUT2D eigenvalue weighted by Gasteiger charge is -1.94. The zero-order valence-electron chi connectivity index (χ0n) is 6.77. The predicted octanol–water partition coefficient (Wildman–Crippen LogP) is 3.04. The minimum Gasteiger partial charge on any atom is -0.349 e. The SMILES string of the molecule is NCc1c(Br)[nH]c2ccc(Cl)cc12. The third-order valence-electron chi connectivity index (χ3n) is 2.02. The Morgan fingerprint density at radius 2 is 2.23 bits per heavy atom. The summed E-state index contributed by atoms with van der Waals surface area (Å²) in [5.41, 5.74) is 7.74. The Bertz CT molecular complexity index is 450. The number of nitrogens with two attached hydrogens (primary N) is 1. The first-order valence-electron chi connectivity index (χ1n) is 3.88. The number of halogens is 2. The minimum absolute atomic E-state index is 0.501. The summed E-state index contributed by atoms with van der Waals surface area (Å²) in [5.74, 6) is 0. The second-order valence-corrected chi connectivity index (χ2v) is 4.04. The van der Waals surface area contributed by atoms with Gasteiger partial charge in [-0.15, -0.1) is 0 Å². The number of fused-ring (bicyclic) bond motifs is 1. The molecule has 0 unspecified atom stereocenters. The second-order valence-electron chi connectivity index (χ2n) is 2.81. The molecule has 1 aromatic heterocycles. The summed E-state index contributed by atoms with van der Waals surface area (Å²) in [7, 11) is 0. The molecule has 0 aliphatic heterocycles. The maximum absolute atomic E-state index is 5.89. The fourth-order valence-corrected chi connectivity index (χ4v) is 2.15. The molecule has 0 bridgehead atoms. The number of nitrogens with one attached hydrogen (secondary N) is 1. The Morgan fingerprint density at radius 3 is 2.92 bits per heavy atom. The largest absolute Gasteiger partial charge is 0.349 e. The number of aromatic amines is 1. The lowest BCUT2D eigenvalue weighted by atomic mass is 10.2. The second kappa shape index (κ2) is 3.33. The number of benzene rings is 1. The first-order chi connectivity index (χ1) is 6.22. The highest BCUT2D eigenvalue weighted by atomic mass is 79.9. The molecule has 0 saturated carbocycles. The molecule has 13 heavy (non-hydrogen) atoms. The third kappa shape index (κ3) is 1.47. The van der Waals surface area contributed by atoms with Crippen LogP contribution in [0, 0.1) is 0 Å². The quantitative estimate of drug-likeness (QED) is 0.812. The van der Waals surface area contributed by atoms with Crippen molar-refractivity contribution in [1.82, 2.24) is 4.98 Å². The molecule has 1 aromatic carbocycles. The molecule has 3 N–H and O–H groups in total. The molecule has 1 heterocycles. The average Bonchev–Trinajstić information content (AvgIpc) is 2.40. The Balaban J connectivity index is 2.80. The molecular formula is C9H8BrClN2. The minimum atomic E-state index is 0.501. The van der Waals surface area contributed by atoms with Crippen molar-refractivity contribution in [3.8, 4) is 0 Å². The van der Waals surface area contributed by atoms with Crippen molar-refractivity contribution < 1.29 is 0 Å². The molecule has 0 atom stereocenters. The van der Waals surface area contributed by atoms with Crippen molar-refractivity contribution in [3.05, 3.63) is 33.4 Å². The van der Waals surface area contributed by atoms with E-state index in [1.165, 1.54) is 0 Å². The highest BCUT2D eigenvalue weighted by Gasteiger charge is 2.07. The standard InChI is InChI=1S/C9H8BrClN2/c10-9-7(4-12)6-3-5(11)1-2-8(6)13-9/h1-3,13H,4,12H2. The molecular weight excluding hydrogens is 251 g/mol. The van der Waals surface area contributed by atoms with E-state index in [4.69, 9.17) is 17.3 Å². The summed E-state index contributed by atoms with van der Waals surface area (Å²) >= 11 is 9.30. The molecule has 0 amide bonds. The Kier molecular flexibility index (Phi) is 2.32. The molecule has 0 saturated heterocycles. The van der Waals surface area contributed by atoms with Crippen LogP contribution in [0.1, 0.15) is 5.56 Å². The lowest BCUT2D eigenvalue weighted by Crippen LogP contribution is -1.95. The van der Waals surface area contributed by atoms with Gasteiger partial charge in [-0.05, 0) is 34.1 Å². The van der Waals surface area contributed by atoms with Crippen molar-refractivity contribution in [2.75, 3.05) is 0 Å². The van der Waals surface area contributed by atoms with E-state index in [1.807, 2.05) is 18.2 Å². The normalized spacial score (nSPS) is 11.0. The Hall–Kier alpha value is -0.510. The van der Waals surface area contributed by atoms with Crippen LogP contribution in [0.15, 0.2) is 22.8 Å². The van der Waals surface area contributed by atoms with Crippen LogP contribution >= 0.6 is 27.5 Å². The van der Waals surface area contributed by atoms with Crippen LogP contribution in [0.5, 0.6) is 0 Å². The van der Waals surface area contributed by atoms with Crippen LogP contribution in [0.2, 0.25) is 5.02 Å². The third-order valence-corrected chi connectivity index (χ3v) is 2.93. The molecule has 2 aromatic rings. The fraction of sp³-hybridized carbons (Fsp3) is 0.111. The molecule has 0 radical (unpaired) electrons.